The maximum atomic E-state index is 6.90. The van der Waals surface area contributed by atoms with E-state index in [4.69, 9.17) is 4.74 Å². The quantitative estimate of drug-likeness (QED) is 0.494. The van der Waals surface area contributed by atoms with Crippen molar-refractivity contribution >= 4 is 0 Å². The largest absolute Gasteiger partial charge is 0.372 e. The summed E-state index contributed by atoms with van der Waals surface area (Å²) in [6.45, 7) is 5.45. The minimum Gasteiger partial charge on any atom is -0.372 e. The molecule has 7 rings (SSSR count). The van der Waals surface area contributed by atoms with Crippen molar-refractivity contribution in [3.63, 3.8) is 0 Å². The first-order valence-corrected chi connectivity index (χ1v) is 13.6. The van der Waals surface area contributed by atoms with Crippen LogP contribution in [0.25, 0.3) is 0 Å². The van der Waals surface area contributed by atoms with Gasteiger partial charge in [-0.25, -0.2) is 0 Å². The Morgan fingerprint density at radius 2 is 1.41 bits per heavy atom. The molecule has 11 unspecified atom stereocenters. The summed E-state index contributed by atoms with van der Waals surface area (Å²) in [6.07, 6.45) is 20.3. The van der Waals surface area contributed by atoms with Crippen LogP contribution < -0.4 is 0 Å². The first-order valence-electron chi connectivity index (χ1n) is 13.6. The number of ether oxygens (including phenoxy) is 1. The van der Waals surface area contributed by atoms with Crippen LogP contribution in [0, 0.1) is 40.9 Å². The van der Waals surface area contributed by atoms with Gasteiger partial charge in [0.25, 0.3) is 0 Å². The van der Waals surface area contributed by atoms with Gasteiger partial charge in [-0.2, -0.15) is 0 Å². The molecule has 0 aromatic carbocycles. The molecular formula is C27H43NO. The van der Waals surface area contributed by atoms with E-state index in [-0.39, 0.29) is 0 Å². The van der Waals surface area contributed by atoms with Crippen molar-refractivity contribution in [1.29, 1.82) is 0 Å². The van der Waals surface area contributed by atoms with E-state index in [1.807, 2.05) is 0 Å². The van der Waals surface area contributed by atoms with E-state index in [1.165, 1.54) is 70.6 Å². The van der Waals surface area contributed by atoms with Crippen molar-refractivity contribution in [2.75, 3.05) is 0 Å². The second-order valence-electron chi connectivity index (χ2n) is 12.9. The van der Waals surface area contributed by atoms with Crippen LogP contribution in [0.4, 0.5) is 0 Å². The summed E-state index contributed by atoms with van der Waals surface area (Å²) < 4.78 is 6.90. The van der Waals surface area contributed by atoms with Gasteiger partial charge in [0, 0.05) is 18.1 Å². The van der Waals surface area contributed by atoms with Crippen molar-refractivity contribution in [3.05, 3.63) is 0 Å². The third kappa shape index (κ3) is 2.37. The first-order chi connectivity index (χ1) is 14.2. The number of hydrogen-bond acceptors (Lipinski definition) is 2. The van der Waals surface area contributed by atoms with Crippen LogP contribution >= 0.6 is 0 Å². The number of rotatable bonds is 0. The Kier molecular flexibility index (Phi) is 4.12. The standard InChI is InChI=1S/C27H43NO/c1-27(2)19-10-4-3-8-16(19)17-14-15-21-24(25(17)27)18-9-7-13-23-26(18)28(21)20-11-5-6-12-22(20)29-23/h16-26H,3-15H2,1-2H3. The molecule has 2 heterocycles. The molecule has 0 aromatic heterocycles. The topological polar surface area (TPSA) is 12.5 Å². The van der Waals surface area contributed by atoms with E-state index in [1.54, 1.807) is 12.8 Å². The maximum Gasteiger partial charge on any atom is 0.0737 e. The fourth-order valence-electron chi connectivity index (χ4n) is 11.2. The summed E-state index contributed by atoms with van der Waals surface area (Å²) in [4.78, 5) is 3.18. The van der Waals surface area contributed by atoms with E-state index in [0.717, 1.165) is 53.6 Å². The lowest BCUT2D eigenvalue weighted by atomic mass is 9.58. The Morgan fingerprint density at radius 3 is 2.34 bits per heavy atom. The van der Waals surface area contributed by atoms with E-state index in [9.17, 15) is 0 Å². The van der Waals surface area contributed by atoms with Gasteiger partial charge in [-0.15, -0.1) is 0 Å². The molecule has 162 valence electrons. The van der Waals surface area contributed by atoms with Gasteiger partial charge >= 0.3 is 0 Å². The van der Waals surface area contributed by atoms with Gasteiger partial charge in [-0.3, -0.25) is 4.90 Å². The summed E-state index contributed by atoms with van der Waals surface area (Å²) in [5.74, 6) is 6.11. The minimum absolute atomic E-state index is 0.569. The van der Waals surface area contributed by atoms with E-state index in [2.05, 4.69) is 18.7 Å². The number of nitrogens with zero attached hydrogens (tertiary/aromatic N) is 1. The predicted octanol–water partition coefficient (Wildman–Crippen LogP) is 6.04. The predicted molar refractivity (Wildman–Crippen MR) is 117 cm³/mol. The second-order valence-corrected chi connectivity index (χ2v) is 12.9. The van der Waals surface area contributed by atoms with Gasteiger partial charge in [-0.1, -0.05) is 46.0 Å². The Labute approximate surface area is 178 Å². The van der Waals surface area contributed by atoms with Gasteiger partial charge in [0.1, 0.15) is 0 Å². The van der Waals surface area contributed by atoms with Crippen molar-refractivity contribution in [3.8, 4) is 0 Å². The van der Waals surface area contributed by atoms with Crippen molar-refractivity contribution in [1.82, 2.24) is 4.90 Å². The Balaban J connectivity index is 1.30. The minimum atomic E-state index is 0.569. The highest BCUT2D eigenvalue weighted by Gasteiger charge is 2.67. The fraction of sp³-hybridized carbons (Fsp3) is 1.00. The van der Waals surface area contributed by atoms with Gasteiger partial charge in [-0.05, 0) is 92.3 Å². The highest BCUT2D eigenvalue weighted by molar-refractivity contribution is 5.18. The molecular weight excluding hydrogens is 354 g/mol. The molecule has 5 aliphatic carbocycles. The molecule has 0 N–H and O–H groups in total. The summed E-state index contributed by atoms with van der Waals surface area (Å²) in [5.41, 5.74) is 0.577. The van der Waals surface area contributed by atoms with Crippen LogP contribution in [0.2, 0.25) is 0 Å². The van der Waals surface area contributed by atoms with E-state index >= 15 is 0 Å². The van der Waals surface area contributed by atoms with Crippen molar-refractivity contribution in [2.45, 2.75) is 128 Å². The highest BCUT2D eigenvalue weighted by atomic mass is 16.5. The Bertz CT molecular complexity index is 659. The van der Waals surface area contributed by atoms with Crippen LogP contribution in [-0.4, -0.2) is 35.2 Å². The molecule has 0 bridgehead atoms. The molecule has 2 aliphatic heterocycles. The van der Waals surface area contributed by atoms with Crippen molar-refractivity contribution < 1.29 is 4.74 Å². The van der Waals surface area contributed by atoms with Crippen LogP contribution in [0.3, 0.4) is 0 Å². The van der Waals surface area contributed by atoms with E-state index in [0.29, 0.717) is 17.6 Å². The summed E-state index contributed by atoms with van der Waals surface area (Å²) in [5, 5.41) is 0. The summed E-state index contributed by atoms with van der Waals surface area (Å²) in [6, 6.07) is 2.46. The smallest absolute Gasteiger partial charge is 0.0737 e. The number of fused-ring (bicyclic) bond motifs is 9. The third-order valence-electron chi connectivity index (χ3n) is 11.8. The van der Waals surface area contributed by atoms with Gasteiger partial charge in [0.2, 0.25) is 0 Å². The Morgan fingerprint density at radius 1 is 0.655 bits per heavy atom. The van der Waals surface area contributed by atoms with Gasteiger partial charge in [0.15, 0.2) is 0 Å². The molecule has 0 amide bonds. The maximum absolute atomic E-state index is 6.90. The van der Waals surface area contributed by atoms with Crippen LogP contribution in [0.1, 0.15) is 97.3 Å². The normalized spacial score (nSPS) is 57.9. The zero-order valence-electron chi connectivity index (χ0n) is 18.9. The summed E-state index contributed by atoms with van der Waals surface area (Å²) in [7, 11) is 0. The number of hydrogen-bond donors (Lipinski definition) is 0. The molecule has 29 heavy (non-hydrogen) atoms. The van der Waals surface area contributed by atoms with Gasteiger partial charge < -0.3 is 4.74 Å². The Hall–Kier alpha value is -0.0800. The third-order valence-corrected chi connectivity index (χ3v) is 11.8. The monoisotopic (exact) mass is 397 g/mol. The van der Waals surface area contributed by atoms with Crippen LogP contribution in [0.15, 0.2) is 0 Å². The molecule has 0 spiro atoms. The molecule has 5 saturated carbocycles. The van der Waals surface area contributed by atoms with Gasteiger partial charge in [0.05, 0.1) is 12.2 Å². The zero-order valence-corrected chi connectivity index (χ0v) is 18.9. The average Bonchev–Trinajstić information content (AvgIpc) is 3.20. The van der Waals surface area contributed by atoms with Crippen LogP contribution in [-0.2, 0) is 4.74 Å². The lowest BCUT2D eigenvalue weighted by Gasteiger charge is -2.53. The molecule has 0 radical (unpaired) electrons. The SMILES string of the molecule is CC1(C)C2CCCCC2C2CCC3C(C4CCCC5OC6CCCCC6N3C54)C21. The van der Waals surface area contributed by atoms with Crippen molar-refractivity contribution in [2.24, 2.45) is 40.9 Å². The fourth-order valence-corrected chi connectivity index (χ4v) is 11.2. The highest BCUT2D eigenvalue weighted by Crippen LogP contribution is 2.69. The average molecular weight is 398 g/mol. The molecule has 7 aliphatic rings. The summed E-state index contributed by atoms with van der Waals surface area (Å²) >= 11 is 0. The molecule has 2 nitrogen and oxygen atoms in total. The van der Waals surface area contributed by atoms with Crippen LogP contribution in [0.5, 0.6) is 0 Å². The lowest BCUT2D eigenvalue weighted by molar-refractivity contribution is -0.177. The second kappa shape index (κ2) is 6.47. The molecule has 2 saturated heterocycles. The number of morpholine rings is 1. The molecule has 0 aromatic rings. The lowest BCUT2D eigenvalue weighted by Crippen LogP contribution is -2.63. The molecule has 2 heteroatoms. The molecule has 7 fully saturated rings. The zero-order chi connectivity index (χ0) is 19.3. The van der Waals surface area contributed by atoms with E-state index < -0.39 is 0 Å². The molecule has 11 atom stereocenters. The first kappa shape index (κ1) is 18.5.